The molecular formula is C8H11ClN6. The molecule has 0 aliphatic carbocycles. The summed E-state index contributed by atoms with van der Waals surface area (Å²) < 4.78 is 3.75. The largest absolute Gasteiger partial charge is 0.319 e. The Bertz CT molecular complexity index is 447. The van der Waals surface area contributed by atoms with Gasteiger partial charge in [0.15, 0.2) is 5.82 Å². The minimum absolute atomic E-state index is 0.0289. The van der Waals surface area contributed by atoms with Crippen molar-refractivity contribution in [3.63, 3.8) is 0 Å². The molecule has 0 radical (unpaired) electrons. The van der Waals surface area contributed by atoms with Gasteiger partial charge >= 0.3 is 0 Å². The van der Waals surface area contributed by atoms with E-state index in [2.05, 4.69) is 20.4 Å². The van der Waals surface area contributed by atoms with E-state index in [9.17, 15) is 0 Å². The molecule has 2 aromatic rings. The van der Waals surface area contributed by atoms with E-state index in [1.807, 2.05) is 23.1 Å². The Morgan fingerprint density at radius 2 is 2.07 bits per heavy atom. The average Bonchev–Trinajstić information content (AvgIpc) is 2.84. The minimum atomic E-state index is 0.0289. The Labute approximate surface area is 91.9 Å². The number of hydrogen-bond acceptors (Lipinski definition) is 4. The zero-order chi connectivity index (χ0) is 10.8. The van der Waals surface area contributed by atoms with Gasteiger partial charge < -0.3 is 9.13 Å². The van der Waals surface area contributed by atoms with Crippen LogP contribution < -0.4 is 0 Å². The number of aryl methyl sites for hydroxylation is 1. The van der Waals surface area contributed by atoms with E-state index in [1.165, 1.54) is 0 Å². The zero-order valence-corrected chi connectivity index (χ0v) is 9.26. The van der Waals surface area contributed by atoms with Crippen LogP contribution in [0.25, 0.3) is 0 Å². The number of halogens is 1. The van der Waals surface area contributed by atoms with Gasteiger partial charge in [-0.2, -0.15) is 0 Å². The molecule has 0 bridgehead atoms. The zero-order valence-electron chi connectivity index (χ0n) is 8.50. The van der Waals surface area contributed by atoms with E-state index in [4.69, 9.17) is 11.6 Å². The standard InChI is InChI=1S/C8H11ClN6/c1-6(8-13-10-4-14(8)2)15-5-11-12-7(15)3-9/h4-6H,3H2,1-2H3. The average molecular weight is 227 g/mol. The van der Waals surface area contributed by atoms with Crippen molar-refractivity contribution in [3.05, 3.63) is 24.3 Å². The highest BCUT2D eigenvalue weighted by atomic mass is 35.5. The lowest BCUT2D eigenvalue weighted by Crippen LogP contribution is -2.13. The molecule has 80 valence electrons. The minimum Gasteiger partial charge on any atom is -0.319 e. The quantitative estimate of drug-likeness (QED) is 0.725. The molecule has 6 nitrogen and oxygen atoms in total. The number of alkyl halides is 1. The maximum absolute atomic E-state index is 5.75. The number of hydrogen-bond donors (Lipinski definition) is 0. The monoisotopic (exact) mass is 226 g/mol. The normalized spacial score (nSPS) is 13.0. The Balaban J connectivity index is 2.36. The topological polar surface area (TPSA) is 61.4 Å². The molecular weight excluding hydrogens is 216 g/mol. The van der Waals surface area contributed by atoms with Crippen molar-refractivity contribution >= 4 is 11.6 Å². The van der Waals surface area contributed by atoms with E-state index >= 15 is 0 Å². The van der Waals surface area contributed by atoms with Crippen molar-refractivity contribution < 1.29 is 0 Å². The molecule has 7 heteroatoms. The van der Waals surface area contributed by atoms with Crippen molar-refractivity contribution in [2.24, 2.45) is 7.05 Å². The van der Waals surface area contributed by atoms with Crippen LogP contribution in [0.3, 0.4) is 0 Å². The molecule has 2 heterocycles. The Morgan fingerprint density at radius 3 is 2.67 bits per heavy atom. The van der Waals surface area contributed by atoms with Gasteiger partial charge in [-0.1, -0.05) is 0 Å². The van der Waals surface area contributed by atoms with Crippen LogP contribution >= 0.6 is 11.6 Å². The summed E-state index contributed by atoms with van der Waals surface area (Å²) in [5, 5.41) is 15.6. The summed E-state index contributed by atoms with van der Waals surface area (Å²) in [5.41, 5.74) is 0. The van der Waals surface area contributed by atoms with Crippen molar-refractivity contribution in [3.8, 4) is 0 Å². The third kappa shape index (κ3) is 1.72. The molecule has 0 aliphatic heterocycles. The molecule has 15 heavy (non-hydrogen) atoms. The predicted molar refractivity (Wildman–Crippen MR) is 54.4 cm³/mol. The lowest BCUT2D eigenvalue weighted by atomic mass is 10.3. The first-order valence-electron chi connectivity index (χ1n) is 4.52. The van der Waals surface area contributed by atoms with Crippen molar-refractivity contribution in [2.45, 2.75) is 18.8 Å². The third-order valence-corrected chi connectivity index (χ3v) is 2.54. The van der Waals surface area contributed by atoms with Gasteiger partial charge in [-0.3, -0.25) is 0 Å². The predicted octanol–water partition coefficient (Wildman–Crippen LogP) is 0.755. The first kappa shape index (κ1) is 10.1. The molecule has 2 rings (SSSR count). The van der Waals surface area contributed by atoms with E-state index < -0.39 is 0 Å². The second kappa shape index (κ2) is 3.98. The van der Waals surface area contributed by atoms with Gasteiger partial charge in [-0.05, 0) is 6.92 Å². The molecule has 1 atom stereocenters. The number of aromatic nitrogens is 6. The van der Waals surface area contributed by atoms with Crippen LogP contribution in [0.15, 0.2) is 12.7 Å². The van der Waals surface area contributed by atoms with Gasteiger partial charge in [0.2, 0.25) is 0 Å². The molecule has 0 spiro atoms. The van der Waals surface area contributed by atoms with E-state index in [0.717, 1.165) is 11.6 Å². The first-order valence-corrected chi connectivity index (χ1v) is 5.05. The highest BCUT2D eigenvalue weighted by molar-refractivity contribution is 6.16. The molecule has 0 aromatic carbocycles. The van der Waals surface area contributed by atoms with Gasteiger partial charge in [0, 0.05) is 7.05 Å². The summed E-state index contributed by atoms with van der Waals surface area (Å²) in [7, 11) is 1.90. The lowest BCUT2D eigenvalue weighted by molar-refractivity contribution is 0.557. The smallest absolute Gasteiger partial charge is 0.155 e. The van der Waals surface area contributed by atoms with Gasteiger partial charge in [-0.25, -0.2) is 0 Å². The summed E-state index contributed by atoms with van der Waals surface area (Å²) in [6.07, 6.45) is 3.31. The molecule has 0 saturated heterocycles. The summed E-state index contributed by atoms with van der Waals surface area (Å²) in [5.74, 6) is 1.91. The maximum Gasteiger partial charge on any atom is 0.155 e. The Morgan fingerprint density at radius 1 is 1.33 bits per heavy atom. The van der Waals surface area contributed by atoms with Crippen LogP contribution in [-0.4, -0.2) is 29.5 Å². The van der Waals surface area contributed by atoms with Crippen molar-refractivity contribution in [1.29, 1.82) is 0 Å². The lowest BCUT2D eigenvalue weighted by Gasteiger charge is -2.13. The number of rotatable bonds is 3. The fourth-order valence-electron chi connectivity index (χ4n) is 1.48. The first-order chi connectivity index (χ1) is 7.24. The summed E-state index contributed by atoms with van der Waals surface area (Å²) >= 11 is 5.75. The second-order valence-corrected chi connectivity index (χ2v) is 3.53. The fraction of sp³-hybridized carbons (Fsp3) is 0.500. The van der Waals surface area contributed by atoms with Crippen LogP contribution in [0.4, 0.5) is 0 Å². The SMILES string of the molecule is CC(c1nncn1C)n1cnnc1CCl. The molecule has 0 saturated carbocycles. The number of nitrogens with zero attached hydrogens (tertiary/aromatic N) is 6. The van der Waals surface area contributed by atoms with Crippen LogP contribution in [0.5, 0.6) is 0 Å². The van der Waals surface area contributed by atoms with E-state index in [1.54, 1.807) is 12.7 Å². The fourth-order valence-corrected chi connectivity index (χ4v) is 1.67. The molecule has 2 aromatic heterocycles. The van der Waals surface area contributed by atoms with Crippen LogP contribution in [0.1, 0.15) is 24.6 Å². The van der Waals surface area contributed by atoms with Crippen LogP contribution in [0.2, 0.25) is 0 Å². The molecule has 0 aliphatic rings. The molecule has 0 fully saturated rings. The van der Waals surface area contributed by atoms with Crippen LogP contribution in [0, 0.1) is 0 Å². The highest BCUT2D eigenvalue weighted by Gasteiger charge is 2.16. The van der Waals surface area contributed by atoms with Crippen molar-refractivity contribution in [1.82, 2.24) is 29.5 Å². The van der Waals surface area contributed by atoms with Gasteiger partial charge in [-0.15, -0.1) is 32.0 Å². The summed E-state index contributed by atoms with van der Waals surface area (Å²) in [6, 6.07) is 0.0289. The molecule has 0 amide bonds. The Kier molecular flexibility index (Phi) is 2.68. The molecule has 0 N–H and O–H groups in total. The third-order valence-electron chi connectivity index (χ3n) is 2.30. The highest BCUT2D eigenvalue weighted by Crippen LogP contribution is 2.16. The Hall–Kier alpha value is -1.43. The van der Waals surface area contributed by atoms with E-state index in [0.29, 0.717) is 5.88 Å². The van der Waals surface area contributed by atoms with Crippen LogP contribution in [-0.2, 0) is 12.9 Å². The van der Waals surface area contributed by atoms with Gasteiger partial charge in [0.25, 0.3) is 0 Å². The van der Waals surface area contributed by atoms with E-state index in [-0.39, 0.29) is 6.04 Å². The summed E-state index contributed by atoms with van der Waals surface area (Å²) in [6.45, 7) is 2.00. The van der Waals surface area contributed by atoms with Crippen molar-refractivity contribution in [2.75, 3.05) is 0 Å². The van der Waals surface area contributed by atoms with Gasteiger partial charge in [0.1, 0.15) is 18.5 Å². The second-order valence-electron chi connectivity index (χ2n) is 3.26. The van der Waals surface area contributed by atoms with Gasteiger partial charge in [0.05, 0.1) is 11.9 Å². The molecule has 1 unspecified atom stereocenters. The summed E-state index contributed by atoms with van der Waals surface area (Å²) in [4.78, 5) is 0. The maximum atomic E-state index is 5.75.